The molecule has 1 aromatic carbocycles. The molecule has 8 nitrogen and oxygen atoms in total. The molecule has 2 rings (SSSR count). The maximum absolute atomic E-state index is 12.5. The Kier molecular flexibility index (Phi) is 4.57. The van der Waals surface area contributed by atoms with Crippen LogP contribution in [0.5, 0.6) is 0 Å². The molecule has 9 heteroatoms. The molecule has 1 aliphatic heterocycles. The van der Waals surface area contributed by atoms with Gasteiger partial charge in [-0.05, 0) is 13.0 Å². The standard InChI is InChI=1S/C12H16N2O6S/c1-9-6-13(7-11(8-15)20-9)21(18,19)12-4-2-3-10(5-12)14(16)17/h2-5,9,11,15H,6-8H2,1H3. The molecule has 116 valence electrons. The third-order valence-electron chi connectivity index (χ3n) is 3.16. The predicted molar refractivity (Wildman–Crippen MR) is 73.3 cm³/mol. The Morgan fingerprint density at radius 2 is 2.19 bits per heavy atom. The molecule has 0 aromatic heterocycles. The molecule has 0 spiro atoms. The van der Waals surface area contributed by atoms with Gasteiger partial charge in [0.15, 0.2) is 0 Å². The van der Waals surface area contributed by atoms with E-state index in [4.69, 9.17) is 9.84 Å². The van der Waals surface area contributed by atoms with E-state index in [-0.39, 0.29) is 36.4 Å². The summed E-state index contributed by atoms with van der Waals surface area (Å²) in [5.41, 5.74) is -0.281. The molecule has 0 radical (unpaired) electrons. The van der Waals surface area contributed by atoms with Gasteiger partial charge in [-0.25, -0.2) is 8.42 Å². The largest absolute Gasteiger partial charge is 0.394 e. The molecule has 1 heterocycles. The first-order valence-corrected chi connectivity index (χ1v) is 7.79. The average Bonchev–Trinajstić information content (AvgIpc) is 2.46. The molecule has 1 aliphatic rings. The fraction of sp³-hybridized carbons (Fsp3) is 0.500. The molecule has 0 amide bonds. The number of aliphatic hydroxyl groups is 1. The van der Waals surface area contributed by atoms with Crippen LogP contribution in [0, 0.1) is 10.1 Å². The van der Waals surface area contributed by atoms with Crippen LogP contribution < -0.4 is 0 Å². The zero-order valence-electron chi connectivity index (χ0n) is 11.4. The first-order chi connectivity index (χ1) is 9.84. The van der Waals surface area contributed by atoms with Crippen LogP contribution in [0.15, 0.2) is 29.2 Å². The second kappa shape index (κ2) is 6.06. The number of ether oxygens (including phenoxy) is 1. The predicted octanol–water partition coefficient (Wildman–Crippen LogP) is 0.365. The maximum atomic E-state index is 12.5. The fourth-order valence-electron chi connectivity index (χ4n) is 2.21. The van der Waals surface area contributed by atoms with Gasteiger partial charge in [-0.1, -0.05) is 6.07 Å². The number of rotatable bonds is 4. The van der Waals surface area contributed by atoms with Crippen molar-refractivity contribution in [1.82, 2.24) is 4.31 Å². The smallest absolute Gasteiger partial charge is 0.270 e. The van der Waals surface area contributed by atoms with Crippen LogP contribution in [0.25, 0.3) is 0 Å². The van der Waals surface area contributed by atoms with Crippen LogP contribution in [0.1, 0.15) is 6.92 Å². The molecule has 2 unspecified atom stereocenters. The van der Waals surface area contributed by atoms with Gasteiger partial charge in [0.05, 0.1) is 28.6 Å². The lowest BCUT2D eigenvalue weighted by Crippen LogP contribution is -2.50. The van der Waals surface area contributed by atoms with Gasteiger partial charge in [0, 0.05) is 25.2 Å². The van der Waals surface area contributed by atoms with E-state index in [1.165, 1.54) is 22.5 Å². The Balaban J connectivity index is 2.33. The van der Waals surface area contributed by atoms with Crippen LogP contribution >= 0.6 is 0 Å². The highest BCUT2D eigenvalue weighted by molar-refractivity contribution is 7.89. The van der Waals surface area contributed by atoms with Crippen molar-refractivity contribution in [2.45, 2.75) is 24.0 Å². The lowest BCUT2D eigenvalue weighted by molar-refractivity contribution is -0.385. The number of nitrogens with zero attached hydrogens (tertiary/aromatic N) is 2. The second-order valence-electron chi connectivity index (χ2n) is 4.83. The molecule has 1 fully saturated rings. The number of hydrogen-bond acceptors (Lipinski definition) is 6. The minimum atomic E-state index is -3.86. The van der Waals surface area contributed by atoms with Gasteiger partial charge in [0.25, 0.3) is 5.69 Å². The SMILES string of the molecule is CC1CN(S(=O)(=O)c2cccc([N+](=O)[O-])c2)CC(CO)O1. The third-order valence-corrected chi connectivity index (χ3v) is 4.99. The number of non-ortho nitro benzene ring substituents is 1. The number of benzene rings is 1. The van der Waals surface area contributed by atoms with Crippen molar-refractivity contribution < 1.29 is 23.2 Å². The van der Waals surface area contributed by atoms with Crippen LogP contribution in [-0.2, 0) is 14.8 Å². The first-order valence-electron chi connectivity index (χ1n) is 6.35. The normalized spacial score (nSPS) is 23.9. The highest BCUT2D eigenvalue weighted by Crippen LogP contribution is 2.24. The Morgan fingerprint density at radius 3 is 2.81 bits per heavy atom. The fourth-order valence-corrected chi connectivity index (χ4v) is 3.79. The Morgan fingerprint density at radius 1 is 1.48 bits per heavy atom. The molecule has 1 aromatic rings. The van der Waals surface area contributed by atoms with E-state index in [0.29, 0.717) is 0 Å². The highest BCUT2D eigenvalue weighted by atomic mass is 32.2. The summed E-state index contributed by atoms with van der Waals surface area (Å²) in [6.45, 7) is 1.58. The quantitative estimate of drug-likeness (QED) is 0.634. The molecule has 2 atom stereocenters. The van der Waals surface area contributed by atoms with Crippen LogP contribution in [0.2, 0.25) is 0 Å². The molecular weight excluding hydrogens is 300 g/mol. The monoisotopic (exact) mass is 316 g/mol. The van der Waals surface area contributed by atoms with Gasteiger partial charge < -0.3 is 9.84 Å². The van der Waals surface area contributed by atoms with Crippen molar-refractivity contribution in [2.75, 3.05) is 19.7 Å². The van der Waals surface area contributed by atoms with E-state index in [9.17, 15) is 18.5 Å². The summed E-state index contributed by atoms with van der Waals surface area (Å²) in [6, 6.07) is 4.91. The molecule has 0 saturated carbocycles. The van der Waals surface area contributed by atoms with Gasteiger partial charge in [0.2, 0.25) is 10.0 Å². The zero-order valence-corrected chi connectivity index (χ0v) is 12.2. The number of nitro groups is 1. The summed E-state index contributed by atoms with van der Waals surface area (Å²) in [6.07, 6.45) is -0.952. The zero-order chi connectivity index (χ0) is 15.6. The van der Waals surface area contributed by atoms with Gasteiger partial charge in [0.1, 0.15) is 0 Å². The average molecular weight is 316 g/mol. The van der Waals surface area contributed by atoms with E-state index in [2.05, 4.69) is 0 Å². The molecule has 1 N–H and O–H groups in total. The number of hydrogen-bond donors (Lipinski definition) is 1. The lowest BCUT2D eigenvalue weighted by Gasteiger charge is -2.35. The van der Waals surface area contributed by atoms with Crippen molar-refractivity contribution in [3.8, 4) is 0 Å². The van der Waals surface area contributed by atoms with E-state index in [1.54, 1.807) is 6.92 Å². The molecular formula is C12H16N2O6S. The summed E-state index contributed by atoms with van der Waals surface area (Å²) in [7, 11) is -3.86. The maximum Gasteiger partial charge on any atom is 0.270 e. The number of morpholine rings is 1. The van der Waals surface area contributed by atoms with E-state index in [0.717, 1.165) is 6.07 Å². The summed E-state index contributed by atoms with van der Waals surface area (Å²) in [5, 5.41) is 19.9. The second-order valence-corrected chi connectivity index (χ2v) is 6.77. The number of aliphatic hydroxyl groups excluding tert-OH is 1. The van der Waals surface area contributed by atoms with Crippen molar-refractivity contribution in [2.24, 2.45) is 0 Å². The van der Waals surface area contributed by atoms with Gasteiger partial charge >= 0.3 is 0 Å². The van der Waals surface area contributed by atoms with Crippen molar-refractivity contribution in [3.63, 3.8) is 0 Å². The molecule has 1 saturated heterocycles. The van der Waals surface area contributed by atoms with Gasteiger partial charge in [-0.15, -0.1) is 0 Å². The summed E-state index contributed by atoms with van der Waals surface area (Å²) in [5.74, 6) is 0. The number of nitro benzene ring substituents is 1. The Bertz CT molecular complexity index is 632. The van der Waals surface area contributed by atoms with Crippen LogP contribution in [0.3, 0.4) is 0 Å². The van der Waals surface area contributed by atoms with Crippen molar-refractivity contribution >= 4 is 15.7 Å². The van der Waals surface area contributed by atoms with E-state index >= 15 is 0 Å². The lowest BCUT2D eigenvalue weighted by atomic mass is 10.2. The van der Waals surface area contributed by atoms with Crippen molar-refractivity contribution in [3.05, 3.63) is 34.4 Å². The summed E-state index contributed by atoms with van der Waals surface area (Å²) < 4.78 is 31.6. The molecule has 0 aliphatic carbocycles. The Hall–Kier alpha value is -1.55. The molecule has 21 heavy (non-hydrogen) atoms. The summed E-state index contributed by atoms with van der Waals surface area (Å²) in [4.78, 5) is 9.97. The topological polar surface area (TPSA) is 110 Å². The minimum Gasteiger partial charge on any atom is -0.394 e. The van der Waals surface area contributed by atoms with E-state index < -0.39 is 21.1 Å². The van der Waals surface area contributed by atoms with Crippen LogP contribution in [0.4, 0.5) is 5.69 Å². The van der Waals surface area contributed by atoms with Gasteiger partial charge in [-0.2, -0.15) is 4.31 Å². The third kappa shape index (κ3) is 3.38. The number of sulfonamides is 1. The summed E-state index contributed by atoms with van der Waals surface area (Å²) >= 11 is 0. The molecule has 0 bridgehead atoms. The first kappa shape index (κ1) is 15.8. The Labute approximate surface area is 122 Å². The van der Waals surface area contributed by atoms with Gasteiger partial charge in [-0.3, -0.25) is 10.1 Å². The highest BCUT2D eigenvalue weighted by Gasteiger charge is 2.34. The van der Waals surface area contributed by atoms with E-state index in [1.807, 2.05) is 0 Å². The van der Waals surface area contributed by atoms with Crippen molar-refractivity contribution in [1.29, 1.82) is 0 Å². The minimum absolute atomic E-state index is 0.0197. The van der Waals surface area contributed by atoms with Crippen LogP contribution in [-0.4, -0.2) is 54.7 Å².